The molecule has 128 valence electrons. The maximum atomic E-state index is 12.1. The number of fused-ring (bicyclic) bond motifs is 1. The van der Waals surface area contributed by atoms with E-state index in [0.717, 1.165) is 25.0 Å². The maximum absolute atomic E-state index is 12.1. The first kappa shape index (κ1) is 16.6. The smallest absolute Gasteiger partial charge is 0.302 e. The highest BCUT2D eigenvalue weighted by atomic mass is 32.1. The van der Waals surface area contributed by atoms with E-state index in [2.05, 4.69) is 25.5 Å². The van der Waals surface area contributed by atoms with Gasteiger partial charge < -0.3 is 5.32 Å². The molecular weight excluding hydrogens is 330 g/mol. The second-order valence-electron chi connectivity index (χ2n) is 5.80. The van der Waals surface area contributed by atoms with Gasteiger partial charge in [0.05, 0.1) is 5.69 Å². The largest absolute Gasteiger partial charge is 0.342 e. The Bertz CT molecular complexity index is 813. The zero-order valence-electron chi connectivity index (χ0n) is 13.2. The second kappa shape index (κ2) is 7.52. The normalized spacial score (nSPS) is 14.5. The minimum absolute atomic E-state index is 0.104. The molecule has 0 saturated carbocycles. The molecule has 9 heteroatoms. The molecule has 0 bridgehead atoms. The van der Waals surface area contributed by atoms with Crippen molar-refractivity contribution in [2.75, 3.05) is 5.32 Å². The first-order chi connectivity index (χ1) is 11.6. The summed E-state index contributed by atoms with van der Waals surface area (Å²) in [5.41, 5.74) is 0.0158. The first-order valence-electron chi connectivity index (χ1n) is 8.08. The van der Waals surface area contributed by atoms with Crippen molar-refractivity contribution >= 4 is 22.4 Å². The average molecular weight is 349 g/mol. The predicted molar refractivity (Wildman–Crippen MR) is 90.4 cm³/mol. The monoisotopic (exact) mass is 349 g/mol. The molecule has 3 rings (SSSR count). The standard InChI is InChI=1S/C15H19N5O3S/c21-12(8-7-10-13(22)18-14(23)20-19-10)17-15-16-9-5-3-1-2-4-6-11(9)24-15/h1-8H2,(H,16,17,21)(H2,18,20,22,23). The molecule has 1 aliphatic carbocycles. The van der Waals surface area contributed by atoms with Crippen LogP contribution in [0.1, 0.15) is 48.4 Å². The van der Waals surface area contributed by atoms with Gasteiger partial charge in [-0.05, 0) is 25.7 Å². The molecule has 0 aliphatic heterocycles. The number of rotatable bonds is 4. The summed E-state index contributed by atoms with van der Waals surface area (Å²) in [6.45, 7) is 0. The number of carbonyl (C=O) groups excluding carboxylic acids is 1. The molecule has 3 N–H and O–H groups in total. The van der Waals surface area contributed by atoms with Crippen LogP contribution in [-0.4, -0.2) is 26.1 Å². The first-order valence-corrected chi connectivity index (χ1v) is 8.90. The Morgan fingerprint density at radius 1 is 1.17 bits per heavy atom. The summed E-state index contributed by atoms with van der Waals surface area (Å²) in [6.07, 6.45) is 7.06. The Kier molecular flexibility index (Phi) is 5.19. The number of aromatic amines is 2. The number of aryl methyl sites for hydroxylation is 3. The Balaban J connectivity index is 1.59. The summed E-state index contributed by atoms with van der Waals surface area (Å²) in [5, 5.41) is 9.23. The van der Waals surface area contributed by atoms with E-state index in [-0.39, 0.29) is 24.4 Å². The molecule has 2 aromatic heterocycles. The van der Waals surface area contributed by atoms with E-state index >= 15 is 0 Å². The third-order valence-corrected chi connectivity index (χ3v) is 5.04. The lowest BCUT2D eigenvalue weighted by Gasteiger charge is -2.06. The van der Waals surface area contributed by atoms with Gasteiger partial charge in [-0.1, -0.05) is 12.8 Å². The highest BCUT2D eigenvalue weighted by molar-refractivity contribution is 7.15. The number of anilines is 1. The van der Waals surface area contributed by atoms with Crippen molar-refractivity contribution in [3.8, 4) is 0 Å². The summed E-state index contributed by atoms with van der Waals surface area (Å²) < 4.78 is 0. The van der Waals surface area contributed by atoms with Gasteiger partial charge in [0.2, 0.25) is 5.91 Å². The van der Waals surface area contributed by atoms with Crippen LogP contribution in [0.3, 0.4) is 0 Å². The van der Waals surface area contributed by atoms with Crippen molar-refractivity contribution in [1.29, 1.82) is 0 Å². The van der Waals surface area contributed by atoms with Gasteiger partial charge in [-0.3, -0.25) is 14.6 Å². The average Bonchev–Trinajstić information content (AvgIpc) is 2.87. The van der Waals surface area contributed by atoms with E-state index in [9.17, 15) is 14.4 Å². The molecule has 0 saturated heterocycles. The number of aromatic nitrogens is 4. The van der Waals surface area contributed by atoms with Crippen LogP contribution >= 0.6 is 11.3 Å². The lowest BCUT2D eigenvalue weighted by molar-refractivity contribution is -0.116. The zero-order chi connectivity index (χ0) is 16.9. The summed E-state index contributed by atoms with van der Waals surface area (Å²) >= 11 is 1.54. The van der Waals surface area contributed by atoms with Crippen molar-refractivity contribution in [3.05, 3.63) is 37.1 Å². The van der Waals surface area contributed by atoms with Gasteiger partial charge in [0.1, 0.15) is 5.69 Å². The van der Waals surface area contributed by atoms with E-state index < -0.39 is 11.2 Å². The lowest BCUT2D eigenvalue weighted by Crippen LogP contribution is -2.28. The number of nitrogens with one attached hydrogen (secondary N) is 3. The molecule has 0 spiro atoms. The van der Waals surface area contributed by atoms with Gasteiger partial charge >= 0.3 is 5.69 Å². The van der Waals surface area contributed by atoms with E-state index in [0.29, 0.717) is 5.13 Å². The summed E-state index contributed by atoms with van der Waals surface area (Å²) in [5.74, 6) is -0.218. The number of H-pyrrole nitrogens is 2. The lowest BCUT2D eigenvalue weighted by atomic mass is 10.0. The molecule has 2 aromatic rings. The van der Waals surface area contributed by atoms with Gasteiger partial charge in [-0.2, -0.15) is 5.10 Å². The van der Waals surface area contributed by atoms with Crippen LogP contribution in [0.15, 0.2) is 9.59 Å². The molecule has 0 atom stereocenters. The van der Waals surface area contributed by atoms with Gasteiger partial charge in [-0.25, -0.2) is 14.9 Å². The summed E-state index contributed by atoms with van der Waals surface area (Å²) in [6, 6.07) is 0. The van der Waals surface area contributed by atoms with E-state index in [1.54, 1.807) is 0 Å². The van der Waals surface area contributed by atoms with Crippen molar-refractivity contribution in [1.82, 2.24) is 20.2 Å². The molecular formula is C15H19N5O3S. The number of carbonyl (C=O) groups is 1. The molecule has 0 aromatic carbocycles. The zero-order valence-corrected chi connectivity index (χ0v) is 14.0. The number of hydrogen-bond donors (Lipinski definition) is 3. The highest BCUT2D eigenvalue weighted by Gasteiger charge is 2.15. The third kappa shape index (κ3) is 4.16. The van der Waals surface area contributed by atoms with Crippen molar-refractivity contribution in [3.63, 3.8) is 0 Å². The Labute approximate surface area is 141 Å². The minimum Gasteiger partial charge on any atom is -0.302 e. The summed E-state index contributed by atoms with van der Waals surface area (Å²) in [7, 11) is 0. The molecule has 24 heavy (non-hydrogen) atoms. The van der Waals surface area contributed by atoms with Crippen LogP contribution in [0, 0.1) is 0 Å². The van der Waals surface area contributed by atoms with Gasteiger partial charge in [0.25, 0.3) is 5.56 Å². The second-order valence-corrected chi connectivity index (χ2v) is 6.89. The topological polar surface area (TPSA) is 121 Å². The number of thiazole rings is 1. The molecule has 1 aliphatic rings. The van der Waals surface area contributed by atoms with E-state index in [4.69, 9.17) is 0 Å². The van der Waals surface area contributed by atoms with Crippen molar-refractivity contribution in [2.24, 2.45) is 0 Å². The number of amides is 1. The van der Waals surface area contributed by atoms with Crippen molar-refractivity contribution in [2.45, 2.75) is 51.4 Å². The molecule has 0 fully saturated rings. The maximum Gasteiger partial charge on any atom is 0.342 e. The fraction of sp³-hybridized carbons (Fsp3) is 0.533. The van der Waals surface area contributed by atoms with Crippen LogP contribution in [0.25, 0.3) is 0 Å². The number of hydrogen-bond acceptors (Lipinski definition) is 6. The molecule has 1 amide bonds. The fourth-order valence-electron chi connectivity index (χ4n) is 2.71. The van der Waals surface area contributed by atoms with Gasteiger partial charge in [0.15, 0.2) is 5.13 Å². The Morgan fingerprint density at radius 3 is 2.75 bits per heavy atom. The minimum atomic E-state index is -0.659. The third-order valence-electron chi connectivity index (χ3n) is 3.96. The van der Waals surface area contributed by atoms with Crippen LogP contribution in [-0.2, 0) is 24.1 Å². The quantitative estimate of drug-likeness (QED) is 0.764. The Hall–Kier alpha value is -2.29. The van der Waals surface area contributed by atoms with Gasteiger partial charge in [-0.15, -0.1) is 11.3 Å². The van der Waals surface area contributed by atoms with Gasteiger partial charge in [0, 0.05) is 17.7 Å². The van der Waals surface area contributed by atoms with Crippen LogP contribution in [0.4, 0.5) is 5.13 Å². The molecule has 0 unspecified atom stereocenters. The van der Waals surface area contributed by atoms with Crippen molar-refractivity contribution < 1.29 is 4.79 Å². The van der Waals surface area contributed by atoms with Crippen LogP contribution < -0.4 is 16.6 Å². The predicted octanol–water partition coefficient (Wildman–Crippen LogP) is 1.14. The van der Waals surface area contributed by atoms with Crippen LogP contribution in [0.5, 0.6) is 0 Å². The molecule has 8 nitrogen and oxygen atoms in total. The molecule has 2 heterocycles. The Morgan fingerprint density at radius 2 is 1.96 bits per heavy atom. The number of nitrogens with zero attached hydrogens (tertiary/aromatic N) is 2. The summed E-state index contributed by atoms with van der Waals surface area (Å²) in [4.78, 5) is 42.4. The van der Waals surface area contributed by atoms with E-state index in [1.165, 1.54) is 35.5 Å². The fourth-order valence-corrected chi connectivity index (χ4v) is 3.78. The SMILES string of the molecule is O=C(CCc1n[nH]c(=O)[nH]c1=O)Nc1nc2c(s1)CCCCCC2. The highest BCUT2D eigenvalue weighted by Crippen LogP contribution is 2.28. The van der Waals surface area contributed by atoms with E-state index in [1.807, 2.05) is 0 Å². The van der Waals surface area contributed by atoms with Crippen LogP contribution in [0.2, 0.25) is 0 Å². The molecule has 0 radical (unpaired) electrons.